The van der Waals surface area contributed by atoms with Crippen molar-refractivity contribution in [1.29, 1.82) is 0 Å². The molecule has 0 aliphatic heterocycles. The van der Waals surface area contributed by atoms with E-state index in [1.807, 2.05) is 36.4 Å². The van der Waals surface area contributed by atoms with Crippen molar-refractivity contribution in [2.45, 2.75) is 11.5 Å². The maximum absolute atomic E-state index is 10.8. The molecule has 23 heavy (non-hydrogen) atoms. The average molecular weight is 385 g/mol. The van der Waals surface area contributed by atoms with E-state index in [-0.39, 0.29) is 0 Å². The van der Waals surface area contributed by atoms with Crippen LogP contribution >= 0.6 is 46.7 Å². The number of nitro groups is 1. The third-order valence-electron chi connectivity index (χ3n) is 2.82. The highest BCUT2D eigenvalue weighted by atomic mass is 35.5. The number of hydrogen-bond donors (Lipinski definition) is 0. The van der Waals surface area contributed by atoms with E-state index in [9.17, 15) is 10.1 Å². The Bertz CT molecular complexity index is 671. The van der Waals surface area contributed by atoms with Gasteiger partial charge in [0.15, 0.2) is 0 Å². The van der Waals surface area contributed by atoms with Gasteiger partial charge in [0.2, 0.25) is 0 Å². The third kappa shape index (κ3) is 6.11. The van der Waals surface area contributed by atoms with Crippen molar-refractivity contribution in [3.05, 3.63) is 90.3 Å². The monoisotopic (exact) mass is 384 g/mol. The van der Waals surface area contributed by atoms with Crippen molar-refractivity contribution in [3.8, 4) is 0 Å². The highest BCUT2D eigenvalue weighted by Crippen LogP contribution is 2.35. The van der Waals surface area contributed by atoms with E-state index in [0.29, 0.717) is 25.8 Å². The van der Waals surface area contributed by atoms with Crippen LogP contribution in [0.2, 0.25) is 10.0 Å². The summed E-state index contributed by atoms with van der Waals surface area (Å²) in [5.74, 6) is 1.09. The second kappa shape index (κ2) is 9.23. The van der Waals surface area contributed by atoms with Crippen molar-refractivity contribution < 1.29 is 4.92 Å². The first-order valence-electron chi connectivity index (χ1n) is 6.56. The number of benzene rings is 2. The van der Waals surface area contributed by atoms with Crippen LogP contribution < -0.4 is 0 Å². The van der Waals surface area contributed by atoms with E-state index in [1.54, 1.807) is 12.1 Å². The number of halogens is 2. The Morgan fingerprint density at radius 1 is 0.957 bits per heavy atom. The largest absolute Gasteiger partial charge is 0.297 e. The van der Waals surface area contributed by atoms with Crippen molar-refractivity contribution in [3.63, 3.8) is 0 Å². The third-order valence-corrected chi connectivity index (χ3v) is 5.88. The Labute approximate surface area is 153 Å². The minimum atomic E-state index is -0.561. The van der Waals surface area contributed by atoms with E-state index >= 15 is 0 Å². The molecule has 0 aliphatic carbocycles. The SMILES string of the molecule is O=[N+]([O-])[C-]=C(SCc1ccccc1Cl)SCc1ccccc1Cl. The molecule has 0 saturated heterocycles. The molecule has 3 nitrogen and oxygen atoms in total. The molecule has 0 heterocycles. The van der Waals surface area contributed by atoms with Crippen molar-refractivity contribution in [2.75, 3.05) is 0 Å². The van der Waals surface area contributed by atoms with Crippen LogP contribution in [0, 0.1) is 16.3 Å². The van der Waals surface area contributed by atoms with Crippen LogP contribution in [0.5, 0.6) is 0 Å². The van der Waals surface area contributed by atoms with Gasteiger partial charge in [-0.05, 0) is 23.3 Å². The van der Waals surface area contributed by atoms with Crippen molar-refractivity contribution in [1.82, 2.24) is 0 Å². The molecule has 0 N–H and O–H groups in total. The molecule has 0 bridgehead atoms. The zero-order valence-corrected chi connectivity index (χ0v) is 15.0. The summed E-state index contributed by atoms with van der Waals surface area (Å²) in [6, 6.07) is 14.9. The summed E-state index contributed by atoms with van der Waals surface area (Å²) in [5, 5.41) is 12.1. The highest BCUT2D eigenvalue weighted by molar-refractivity contribution is 8.21. The first-order valence-corrected chi connectivity index (χ1v) is 9.29. The molecule has 120 valence electrons. The van der Waals surface area contributed by atoms with Gasteiger partial charge in [0, 0.05) is 21.6 Å². The lowest BCUT2D eigenvalue weighted by Gasteiger charge is -2.13. The van der Waals surface area contributed by atoms with Gasteiger partial charge < -0.3 is 0 Å². The lowest BCUT2D eigenvalue weighted by atomic mass is 10.2. The zero-order chi connectivity index (χ0) is 16.7. The molecule has 2 rings (SSSR count). The molecule has 0 fully saturated rings. The predicted octanol–water partition coefficient (Wildman–Crippen LogP) is 6.04. The summed E-state index contributed by atoms with van der Waals surface area (Å²) in [6.07, 6.45) is 2.24. The van der Waals surface area contributed by atoms with Gasteiger partial charge in [-0.25, -0.2) is 0 Å². The first-order chi connectivity index (χ1) is 11.1. The van der Waals surface area contributed by atoms with Crippen LogP contribution in [0.15, 0.2) is 52.8 Å². The maximum Gasteiger partial charge on any atom is 0.0446 e. The van der Waals surface area contributed by atoms with E-state index in [4.69, 9.17) is 23.2 Å². The van der Waals surface area contributed by atoms with Crippen molar-refractivity contribution >= 4 is 46.7 Å². The van der Waals surface area contributed by atoms with Gasteiger partial charge in [0.25, 0.3) is 0 Å². The summed E-state index contributed by atoms with van der Waals surface area (Å²) >= 11 is 14.9. The van der Waals surface area contributed by atoms with Gasteiger partial charge in [-0.15, -0.1) is 28.4 Å². The van der Waals surface area contributed by atoms with Crippen LogP contribution in [0.4, 0.5) is 0 Å². The van der Waals surface area contributed by atoms with Crippen LogP contribution in [-0.4, -0.2) is 4.92 Å². The van der Waals surface area contributed by atoms with E-state index < -0.39 is 4.92 Å². The number of thioether (sulfide) groups is 2. The second-order valence-corrected chi connectivity index (χ2v) is 7.46. The van der Waals surface area contributed by atoms with Crippen LogP contribution in [0.3, 0.4) is 0 Å². The minimum Gasteiger partial charge on any atom is -0.297 e. The zero-order valence-electron chi connectivity index (χ0n) is 11.9. The molecule has 2 aromatic carbocycles. The average Bonchev–Trinajstić information content (AvgIpc) is 2.52. The number of hydrogen-bond acceptors (Lipinski definition) is 4. The Balaban J connectivity index is 2.02. The molecule has 0 saturated carbocycles. The molecule has 0 spiro atoms. The lowest BCUT2D eigenvalue weighted by molar-refractivity contribution is -0.419. The Hall–Kier alpha value is -1.14. The van der Waals surface area contributed by atoms with Gasteiger partial charge in [-0.1, -0.05) is 70.0 Å². The molecular weight excluding hydrogens is 373 g/mol. The molecule has 7 heteroatoms. The summed E-state index contributed by atoms with van der Waals surface area (Å²) in [5.41, 5.74) is 1.86. The number of rotatable bonds is 7. The molecular formula is C16H12Cl2NO2S2-. The van der Waals surface area contributed by atoms with E-state index in [1.165, 1.54) is 23.5 Å². The molecule has 0 atom stereocenters. The first kappa shape index (κ1) is 18.2. The highest BCUT2D eigenvalue weighted by Gasteiger charge is 2.03. The standard InChI is InChI=1S/C16H12Cl2NO2S2/c17-14-7-3-1-5-12(14)10-22-16(9-19(20)21)23-11-13-6-2-4-8-15(13)18/h1-8H,10-11H2/q-1. The quantitative estimate of drug-likeness (QED) is 0.252. The fourth-order valence-electron chi connectivity index (χ4n) is 1.70. The fraction of sp³-hybridized carbons (Fsp3) is 0.125. The summed E-state index contributed by atoms with van der Waals surface area (Å²) in [4.78, 5) is 10.2. The minimum absolute atomic E-state index is 0.495. The molecule has 0 aromatic heterocycles. The number of nitrogens with zero attached hydrogens (tertiary/aromatic N) is 1. The topological polar surface area (TPSA) is 43.1 Å². The van der Waals surface area contributed by atoms with Crippen LogP contribution in [0.25, 0.3) is 0 Å². The molecule has 0 aliphatic rings. The molecule has 0 radical (unpaired) electrons. The summed E-state index contributed by atoms with van der Waals surface area (Å²) in [7, 11) is 0. The normalized spacial score (nSPS) is 10.3. The Kier molecular flexibility index (Phi) is 7.30. The smallest absolute Gasteiger partial charge is 0.0446 e. The molecule has 2 aromatic rings. The second-order valence-electron chi connectivity index (χ2n) is 4.42. The molecule has 0 unspecified atom stereocenters. The van der Waals surface area contributed by atoms with Crippen LogP contribution in [0.1, 0.15) is 11.1 Å². The van der Waals surface area contributed by atoms with Gasteiger partial charge in [0.1, 0.15) is 0 Å². The van der Waals surface area contributed by atoms with Gasteiger partial charge in [-0.3, -0.25) is 10.1 Å². The van der Waals surface area contributed by atoms with E-state index in [2.05, 4.69) is 6.20 Å². The lowest BCUT2D eigenvalue weighted by Crippen LogP contribution is -1.90. The van der Waals surface area contributed by atoms with Gasteiger partial charge in [0.05, 0.1) is 0 Å². The van der Waals surface area contributed by atoms with Gasteiger partial charge in [-0.2, -0.15) is 0 Å². The van der Waals surface area contributed by atoms with Crippen molar-refractivity contribution in [2.24, 2.45) is 0 Å². The molecule has 0 amide bonds. The van der Waals surface area contributed by atoms with E-state index in [0.717, 1.165) is 11.1 Å². The van der Waals surface area contributed by atoms with Crippen LogP contribution in [-0.2, 0) is 11.5 Å². The Morgan fingerprint density at radius 2 is 1.39 bits per heavy atom. The Morgan fingerprint density at radius 3 is 1.78 bits per heavy atom. The summed E-state index contributed by atoms with van der Waals surface area (Å²) < 4.78 is 0.495. The summed E-state index contributed by atoms with van der Waals surface area (Å²) in [6.45, 7) is 0. The fourth-order valence-corrected chi connectivity index (χ4v) is 4.30. The van der Waals surface area contributed by atoms with Gasteiger partial charge >= 0.3 is 0 Å². The maximum atomic E-state index is 10.8. The predicted molar refractivity (Wildman–Crippen MR) is 99.2 cm³/mol.